The molecule has 0 radical (unpaired) electrons. The predicted molar refractivity (Wildman–Crippen MR) is 91.0 cm³/mol. The fourth-order valence-electron chi connectivity index (χ4n) is 3.48. The Labute approximate surface area is 147 Å². The Morgan fingerprint density at radius 3 is 2.88 bits per heavy atom. The van der Waals surface area contributed by atoms with E-state index in [1.165, 1.54) is 0 Å². The van der Waals surface area contributed by atoms with E-state index in [9.17, 15) is 4.79 Å². The minimum Gasteiger partial charge on any atom is -0.343 e. The zero-order valence-electron chi connectivity index (χ0n) is 13.1. The largest absolute Gasteiger partial charge is 0.343 e. The molecule has 8 heteroatoms. The van der Waals surface area contributed by atoms with Crippen LogP contribution in [0, 0.1) is 4.77 Å². The van der Waals surface area contributed by atoms with E-state index in [1.54, 1.807) is 9.36 Å². The lowest BCUT2D eigenvalue weighted by atomic mass is 10.0. The van der Waals surface area contributed by atoms with Gasteiger partial charge in [-0.15, -0.1) is 0 Å². The van der Waals surface area contributed by atoms with E-state index in [2.05, 4.69) is 10.4 Å². The van der Waals surface area contributed by atoms with Crippen LogP contribution >= 0.6 is 12.2 Å². The second-order valence-electron chi connectivity index (χ2n) is 6.19. The van der Waals surface area contributed by atoms with E-state index in [4.69, 9.17) is 21.7 Å². The molecule has 0 N–H and O–H groups in total. The molecule has 2 aliphatic rings. The Morgan fingerprint density at radius 1 is 1.12 bits per heavy atom. The molecule has 3 aromatic rings. The first-order chi connectivity index (χ1) is 12.2. The highest BCUT2D eigenvalue weighted by molar-refractivity contribution is 7.71. The average Bonchev–Trinajstić information content (AvgIpc) is 3.23. The summed E-state index contributed by atoms with van der Waals surface area (Å²) in [6, 6.07) is 13.7. The molecule has 0 saturated carbocycles. The zero-order chi connectivity index (χ0) is 17.0. The molecule has 2 aromatic carbocycles. The smallest absolute Gasteiger partial charge is 0.221 e. The van der Waals surface area contributed by atoms with Gasteiger partial charge in [-0.05, 0) is 34.1 Å². The molecule has 0 unspecified atom stereocenters. The summed E-state index contributed by atoms with van der Waals surface area (Å²) in [6.45, 7) is 0.365. The normalized spacial score (nSPS) is 25.6. The van der Waals surface area contributed by atoms with E-state index in [1.807, 2.05) is 42.5 Å². The number of carbonyl (C=O) groups is 1. The number of Topliss-reactive ketones (excluding diaryl/α,β-unsaturated/α-hetero) is 1. The van der Waals surface area contributed by atoms with Crippen LogP contribution in [0.1, 0.15) is 12.5 Å². The van der Waals surface area contributed by atoms with Crippen LogP contribution in [-0.2, 0) is 14.3 Å². The number of ketones is 1. The fourth-order valence-corrected chi connectivity index (χ4v) is 3.78. The number of nitrogens with zero attached hydrogens (tertiary/aromatic N) is 4. The van der Waals surface area contributed by atoms with Crippen molar-refractivity contribution in [1.82, 2.24) is 19.8 Å². The van der Waals surface area contributed by atoms with Gasteiger partial charge in [0.1, 0.15) is 6.10 Å². The van der Waals surface area contributed by atoms with Gasteiger partial charge in [0.25, 0.3) is 0 Å². The molecule has 0 amide bonds. The van der Waals surface area contributed by atoms with Crippen LogP contribution in [-0.4, -0.2) is 44.6 Å². The van der Waals surface area contributed by atoms with Crippen LogP contribution in [0.25, 0.3) is 16.5 Å². The number of rotatable bonds is 2. The van der Waals surface area contributed by atoms with Gasteiger partial charge in [-0.2, -0.15) is 4.68 Å². The number of carbonyl (C=O) groups excluding carboxylic acids is 1. The number of ether oxygens (including phenoxy) is 2. The van der Waals surface area contributed by atoms with Crippen LogP contribution in [0.4, 0.5) is 0 Å². The molecule has 0 aliphatic carbocycles. The summed E-state index contributed by atoms with van der Waals surface area (Å²) < 4.78 is 14.6. The Hall–Kier alpha value is -2.42. The van der Waals surface area contributed by atoms with E-state index < -0.39 is 6.29 Å². The molecule has 3 heterocycles. The van der Waals surface area contributed by atoms with Gasteiger partial charge in [-0.1, -0.05) is 36.4 Å². The number of benzene rings is 2. The van der Waals surface area contributed by atoms with Gasteiger partial charge in [0, 0.05) is 11.8 Å². The maximum atomic E-state index is 12.0. The summed E-state index contributed by atoms with van der Waals surface area (Å²) in [7, 11) is 0. The number of fused-ring (bicyclic) bond motifs is 3. The highest BCUT2D eigenvalue weighted by atomic mass is 32.1. The minimum absolute atomic E-state index is 0.0830. The number of aromatic nitrogens is 4. The third-order valence-electron chi connectivity index (χ3n) is 4.72. The Balaban J connectivity index is 1.61. The van der Waals surface area contributed by atoms with Crippen molar-refractivity contribution < 1.29 is 14.3 Å². The Morgan fingerprint density at radius 2 is 1.96 bits per heavy atom. The topological polar surface area (TPSA) is 71.2 Å². The van der Waals surface area contributed by atoms with Crippen molar-refractivity contribution in [1.29, 1.82) is 0 Å². The zero-order valence-corrected chi connectivity index (χ0v) is 13.9. The van der Waals surface area contributed by atoms with Gasteiger partial charge < -0.3 is 9.47 Å². The molecule has 2 saturated heterocycles. The van der Waals surface area contributed by atoms with Crippen molar-refractivity contribution in [2.45, 2.75) is 24.9 Å². The van der Waals surface area contributed by atoms with Crippen LogP contribution in [0.2, 0.25) is 0 Å². The monoisotopic (exact) mass is 354 g/mol. The summed E-state index contributed by atoms with van der Waals surface area (Å²) >= 11 is 5.60. The Kier molecular flexibility index (Phi) is 3.30. The summed E-state index contributed by atoms with van der Waals surface area (Å²) in [5.41, 5.74) is 0.859. The number of hydrogen-bond acceptors (Lipinski definition) is 6. The quantitative estimate of drug-likeness (QED) is 0.657. The lowest BCUT2D eigenvalue weighted by Gasteiger charge is -2.25. The van der Waals surface area contributed by atoms with E-state index in [0.717, 1.165) is 16.5 Å². The highest BCUT2D eigenvalue weighted by Gasteiger charge is 2.45. The van der Waals surface area contributed by atoms with Gasteiger partial charge in [0.15, 0.2) is 5.78 Å². The summed E-state index contributed by atoms with van der Waals surface area (Å²) in [5.74, 6) is -0.0830. The molecule has 25 heavy (non-hydrogen) atoms. The standard InChI is InChI=1S/C17H14N4O3S/c22-14-8-13(15-9-23-16(14)24-15)21-17(25)20(18-19-21)12-7-3-5-10-4-1-2-6-11(10)12/h1-7,13,15-16H,8-9H2/t13-,15-,16-/m0/s1. The van der Waals surface area contributed by atoms with Crippen molar-refractivity contribution in [3.05, 3.63) is 47.2 Å². The summed E-state index contributed by atoms with van der Waals surface area (Å²) in [4.78, 5) is 12.0. The third-order valence-corrected chi connectivity index (χ3v) is 5.08. The first-order valence-electron chi connectivity index (χ1n) is 8.05. The lowest BCUT2D eigenvalue weighted by molar-refractivity contribution is -0.156. The maximum absolute atomic E-state index is 12.0. The predicted octanol–water partition coefficient (Wildman–Crippen LogP) is 2.21. The van der Waals surface area contributed by atoms with Crippen molar-refractivity contribution in [3.63, 3.8) is 0 Å². The van der Waals surface area contributed by atoms with Crippen molar-refractivity contribution in [2.75, 3.05) is 6.61 Å². The van der Waals surface area contributed by atoms with Gasteiger partial charge >= 0.3 is 0 Å². The molecule has 5 rings (SSSR count). The molecule has 3 atom stereocenters. The van der Waals surface area contributed by atoms with Crippen molar-refractivity contribution >= 4 is 28.8 Å². The molecular weight excluding hydrogens is 340 g/mol. The number of tetrazole rings is 1. The van der Waals surface area contributed by atoms with E-state index in [0.29, 0.717) is 11.4 Å². The summed E-state index contributed by atoms with van der Waals surface area (Å²) in [6.07, 6.45) is -0.673. The van der Waals surface area contributed by atoms with Crippen LogP contribution in [0.5, 0.6) is 0 Å². The Bertz CT molecular complexity index is 1040. The molecule has 2 fully saturated rings. The van der Waals surface area contributed by atoms with Gasteiger partial charge in [-0.3, -0.25) is 4.79 Å². The average molecular weight is 354 g/mol. The van der Waals surface area contributed by atoms with Crippen LogP contribution in [0.3, 0.4) is 0 Å². The first kappa shape index (κ1) is 14.9. The molecule has 0 spiro atoms. The second kappa shape index (κ2) is 5.55. The van der Waals surface area contributed by atoms with Gasteiger partial charge in [0.05, 0.1) is 18.3 Å². The lowest BCUT2D eigenvalue weighted by Crippen LogP contribution is -2.37. The fraction of sp³-hybridized carbons (Fsp3) is 0.294. The van der Waals surface area contributed by atoms with Crippen LogP contribution in [0.15, 0.2) is 42.5 Å². The van der Waals surface area contributed by atoms with Gasteiger partial charge in [0.2, 0.25) is 11.1 Å². The van der Waals surface area contributed by atoms with E-state index >= 15 is 0 Å². The van der Waals surface area contributed by atoms with Gasteiger partial charge in [-0.25, -0.2) is 4.68 Å². The maximum Gasteiger partial charge on any atom is 0.221 e. The van der Waals surface area contributed by atoms with Crippen LogP contribution < -0.4 is 0 Å². The number of hydrogen-bond donors (Lipinski definition) is 0. The molecule has 1 aromatic heterocycles. The molecular formula is C17H14N4O3S. The minimum atomic E-state index is -0.733. The van der Waals surface area contributed by atoms with Crippen molar-refractivity contribution in [2.24, 2.45) is 0 Å². The molecule has 2 aliphatic heterocycles. The SMILES string of the molecule is O=C1C[C@H](n2nnn(-c3cccc4ccccc34)c2=S)[C@@H]2CO[C@H]1O2. The third kappa shape index (κ3) is 2.25. The molecule has 2 bridgehead atoms. The first-order valence-corrected chi connectivity index (χ1v) is 8.45. The highest BCUT2D eigenvalue weighted by Crippen LogP contribution is 2.33. The molecule has 126 valence electrons. The van der Waals surface area contributed by atoms with E-state index in [-0.39, 0.29) is 24.3 Å². The summed E-state index contributed by atoms with van der Waals surface area (Å²) in [5, 5.41) is 10.6. The molecule has 7 nitrogen and oxygen atoms in total. The second-order valence-corrected chi connectivity index (χ2v) is 6.56. The van der Waals surface area contributed by atoms with Crippen molar-refractivity contribution in [3.8, 4) is 5.69 Å².